The molecule has 1 atom stereocenters. The van der Waals surface area contributed by atoms with Crippen LogP contribution in [0.25, 0.3) is 0 Å². The first-order valence-electron chi connectivity index (χ1n) is 35.6. The molecular formula is C74H136O6. The minimum Gasteiger partial charge on any atom is -0.462 e. The smallest absolute Gasteiger partial charge is 0.306 e. The Morgan fingerprint density at radius 1 is 0.263 bits per heavy atom. The van der Waals surface area contributed by atoms with Gasteiger partial charge in [-0.1, -0.05) is 358 Å². The van der Waals surface area contributed by atoms with Crippen molar-refractivity contribution in [1.82, 2.24) is 0 Å². The maximum atomic E-state index is 12.9. The molecule has 0 radical (unpaired) electrons. The molecule has 0 aromatic rings. The highest BCUT2D eigenvalue weighted by Gasteiger charge is 2.19. The van der Waals surface area contributed by atoms with E-state index in [9.17, 15) is 14.4 Å². The van der Waals surface area contributed by atoms with Gasteiger partial charge in [0.15, 0.2) is 6.10 Å². The van der Waals surface area contributed by atoms with Crippen LogP contribution in [0.4, 0.5) is 0 Å². The Kier molecular flexibility index (Phi) is 66.6. The predicted molar refractivity (Wildman–Crippen MR) is 349 cm³/mol. The normalized spacial score (nSPS) is 12.3. The second-order valence-corrected chi connectivity index (χ2v) is 24.1. The molecule has 1 unspecified atom stereocenters. The van der Waals surface area contributed by atoms with Gasteiger partial charge in [0.25, 0.3) is 0 Å². The van der Waals surface area contributed by atoms with Crippen LogP contribution in [0.5, 0.6) is 0 Å². The summed E-state index contributed by atoms with van der Waals surface area (Å²) in [5.74, 6) is -0.834. The van der Waals surface area contributed by atoms with Gasteiger partial charge in [-0.05, 0) is 57.8 Å². The van der Waals surface area contributed by atoms with Crippen molar-refractivity contribution in [1.29, 1.82) is 0 Å². The third kappa shape index (κ3) is 66.2. The Bertz CT molecular complexity index is 1380. The van der Waals surface area contributed by atoms with Gasteiger partial charge in [-0.3, -0.25) is 14.4 Å². The van der Waals surface area contributed by atoms with Crippen molar-refractivity contribution in [3.05, 3.63) is 48.6 Å². The monoisotopic (exact) mass is 1120 g/mol. The van der Waals surface area contributed by atoms with Gasteiger partial charge in [-0.25, -0.2) is 0 Å². The number of esters is 3. The third-order valence-electron chi connectivity index (χ3n) is 16.1. The number of rotatable bonds is 66. The molecule has 0 aromatic heterocycles. The molecule has 0 spiro atoms. The van der Waals surface area contributed by atoms with Crippen molar-refractivity contribution in [3.8, 4) is 0 Å². The second kappa shape index (κ2) is 68.9. The number of carbonyl (C=O) groups is 3. The van der Waals surface area contributed by atoms with Crippen LogP contribution in [0.1, 0.15) is 387 Å². The first-order chi connectivity index (χ1) is 39.5. The van der Waals surface area contributed by atoms with E-state index in [0.717, 1.165) is 83.5 Å². The number of hydrogen-bond donors (Lipinski definition) is 0. The fraction of sp³-hybridized carbons (Fsp3) is 0.851. The van der Waals surface area contributed by atoms with Crippen LogP contribution in [-0.2, 0) is 28.6 Å². The van der Waals surface area contributed by atoms with Crippen LogP contribution in [0.2, 0.25) is 0 Å². The lowest BCUT2D eigenvalue weighted by Gasteiger charge is -2.18. The van der Waals surface area contributed by atoms with Gasteiger partial charge in [0, 0.05) is 19.3 Å². The molecule has 6 nitrogen and oxygen atoms in total. The Morgan fingerprint density at radius 2 is 0.487 bits per heavy atom. The molecule has 0 saturated carbocycles. The number of hydrogen-bond acceptors (Lipinski definition) is 6. The molecule has 0 rings (SSSR count). The summed E-state index contributed by atoms with van der Waals surface area (Å²) >= 11 is 0. The minimum absolute atomic E-state index is 0.0653. The van der Waals surface area contributed by atoms with Gasteiger partial charge in [0.2, 0.25) is 0 Å². The summed E-state index contributed by atoms with van der Waals surface area (Å²) in [7, 11) is 0. The molecule has 0 aromatic carbocycles. The average Bonchev–Trinajstić information content (AvgIpc) is 3.46. The highest BCUT2D eigenvalue weighted by Crippen LogP contribution is 2.19. The molecular weight excluding hydrogens is 985 g/mol. The lowest BCUT2D eigenvalue weighted by atomic mass is 10.0. The second-order valence-electron chi connectivity index (χ2n) is 24.1. The lowest BCUT2D eigenvalue weighted by Crippen LogP contribution is -2.30. The summed E-state index contributed by atoms with van der Waals surface area (Å²) in [4.78, 5) is 38.4. The number of unbranched alkanes of at least 4 members (excludes halogenated alkanes) is 47. The van der Waals surface area contributed by atoms with Crippen LogP contribution in [0, 0.1) is 0 Å². The molecule has 0 heterocycles. The van der Waals surface area contributed by atoms with Crippen molar-refractivity contribution in [2.45, 2.75) is 393 Å². The van der Waals surface area contributed by atoms with Gasteiger partial charge >= 0.3 is 17.9 Å². The zero-order chi connectivity index (χ0) is 57.8. The molecule has 0 amide bonds. The van der Waals surface area contributed by atoms with Crippen molar-refractivity contribution >= 4 is 17.9 Å². The van der Waals surface area contributed by atoms with Crippen LogP contribution in [-0.4, -0.2) is 37.2 Å². The number of ether oxygens (including phenoxy) is 3. The zero-order valence-corrected chi connectivity index (χ0v) is 53.9. The summed E-state index contributed by atoms with van der Waals surface area (Å²) < 4.78 is 17.0. The summed E-state index contributed by atoms with van der Waals surface area (Å²) in [6, 6.07) is 0. The summed E-state index contributed by atoms with van der Waals surface area (Å²) in [6.07, 6.45) is 87.1. The predicted octanol–water partition coefficient (Wildman–Crippen LogP) is 24.5. The minimum atomic E-state index is -0.769. The van der Waals surface area contributed by atoms with E-state index in [1.165, 1.54) is 263 Å². The summed E-state index contributed by atoms with van der Waals surface area (Å²) in [5.41, 5.74) is 0. The van der Waals surface area contributed by atoms with Crippen molar-refractivity contribution in [2.24, 2.45) is 0 Å². The fourth-order valence-corrected chi connectivity index (χ4v) is 10.8. The average molecular weight is 1120 g/mol. The molecule has 0 aliphatic carbocycles. The quantitative estimate of drug-likeness (QED) is 0.0261. The summed E-state index contributed by atoms with van der Waals surface area (Å²) in [6.45, 7) is 6.60. The zero-order valence-electron chi connectivity index (χ0n) is 53.9. The van der Waals surface area contributed by atoms with E-state index in [4.69, 9.17) is 14.2 Å². The van der Waals surface area contributed by atoms with E-state index in [0.29, 0.717) is 19.3 Å². The highest BCUT2D eigenvalue weighted by molar-refractivity contribution is 5.71. The Labute approximate surface area is 498 Å². The van der Waals surface area contributed by atoms with Crippen LogP contribution in [0.15, 0.2) is 48.6 Å². The highest BCUT2D eigenvalue weighted by atomic mass is 16.6. The van der Waals surface area contributed by atoms with Crippen molar-refractivity contribution in [3.63, 3.8) is 0 Å². The molecule has 0 aliphatic heterocycles. The fourth-order valence-electron chi connectivity index (χ4n) is 10.8. The maximum Gasteiger partial charge on any atom is 0.306 e. The van der Waals surface area contributed by atoms with E-state index in [1.807, 2.05) is 0 Å². The van der Waals surface area contributed by atoms with Gasteiger partial charge in [0.1, 0.15) is 13.2 Å². The number of carbonyl (C=O) groups excluding carboxylic acids is 3. The Balaban J connectivity index is 4.19. The standard InChI is InChI=1S/C74H136O6/c1-4-7-10-13-16-19-22-25-27-29-31-33-34-35-36-37-38-39-40-41-43-44-46-49-52-55-58-61-64-67-73(76)79-70-71(69-78-72(75)66-63-60-57-54-51-48-24-21-18-15-12-9-6-3)80-74(77)68-65-62-59-56-53-50-47-45-42-32-30-28-26-23-20-17-14-11-8-5-2/h7,10,16,19,25,27,31,33,71H,4-6,8-9,11-15,17-18,20-24,26,28-30,32,34-70H2,1-3H3/b10-7-,19-16-,27-25-,33-31-. The van der Waals surface area contributed by atoms with E-state index < -0.39 is 6.10 Å². The van der Waals surface area contributed by atoms with Gasteiger partial charge in [0.05, 0.1) is 0 Å². The first-order valence-corrected chi connectivity index (χ1v) is 35.6. The van der Waals surface area contributed by atoms with Gasteiger partial charge in [-0.15, -0.1) is 0 Å². The van der Waals surface area contributed by atoms with E-state index in [1.54, 1.807) is 0 Å². The maximum absolute atomic E-state index is 12.9. The molecule has 468 valence electrons. The number of allylic oxidation sites excluding steroid dienone is 8. The van der Waals surface area contributed by atoms with Crippen LogP contribution >= 0.6 is 0 Å². The van der Waals surface area contributed by atoms with E-state index in [2.05, 4.69) is 69.4 Å². The van der Waals surface area contributed by atoms with Gasteiger partial charge < -0.3 is 14.2 Å². The van der Waals surface area contributed by atoms with Crippen molar-refractivity contribution < 1.29 is 28.6 Å². The summed E-state index contributed by atoms with van der Waals surface area (Å²) in [5, 5.41) is 0. The van der Waals surface area contributed by atoms with Gasteiger partial charge in [-0.2, -0.15) is 0 Å². The SMILES string of the molecule is CC/C=C\C/C=C\C/C=C\C/C=C\CCCCCCCCCCCCCCCCCCC(=O)OCC(COC(=O)CCCCCCCCCCCCCCC)OC(=O)CCCCCCCCCCCCCCCCCCCCCC. The lowest BCUT2D eigenvalue weighted by molar-refractivity contribution is -0.167. The topological polar surface area (TPSA) is 78.9 Å². The third-order valence-corrected chi connectivity index (χ3v) is 16.1. The first kappa shape index (κ1) is 77.4. The Morgan fingerprint density at radius 3 is 0.762 bits per heavy atom. The Hall–Kier alpha value is -2.63. The molecule has 0 N–H and O–H groups in total. The van der Waals surface area contributed by atoms with E-state index >= 15 is 0 Å². The molecule has 6 heteroatoms. The molecule has 0 saturated heterocycles. The van der Waals surface area contributed by atoms with Crippen LogP contribution in [0.3, 0.4) is 0 Å². The molecule has 80 heavy (non-hydrogen) atoms. The molecule has 0 aliphatic rings. The molecule has 0 bridgehead atoms. The molecule has 0 fully saturated rings. The van der Waals surface area contributed by atoms with Crippen LogP contribution < -0.4 is 0 Å². The van der Waals surface area contributed by atoms with E-state index in [-0.39, 0.29) is 31.1 Å². The largest absolute Gasteiger partial charge is 0.462 e. The van der Waals surface area contributed by atoms with Crippen molar-refractivity contribution in [2.75, 3.05) is 13.2 Å².